The highest BCUT2D eigenvalue weighted by atomic mass is 35.5. The third kappa shape index (κ3) is 3.58. The number of carbonyl (C=O) groups is 2. The lowest BCUT2D eigenvalue weighted by molar-refractivity contribution is -0.122. The maximum Gasteiger partial charge on any atom is 0.228 e. The molecule has 3 aromatic rings. The Bertz CT molecular complexity index is 1070. The van der Waals surface area contributed by atoms with Crippen molar-refractivity contribution < 1.29 is 9.59 Å². The first-order chi connectivity index (χ1) is 13.4. The average Bonchev–Trinajstić information content (AvgIpc) is 3.46. The van der Waals surface area contributed by atoms with Gasteiger partial charge in [-0.2, -0.15) is 0 Å². The molecule has 0 bridgehead atoms. The van der Waals surface area contributed by atoms with Crippen molar-refractivity contribution in [3.05, 3.63) is 64.8 Å². The summed E-state index contributed by atoms with van der Waals surface area (Å²) in [5.74, 6) is -1.03. The largest absolute Gasteiger partial charge is 0.324 e. The number of aromatic nitrogens is 1. The van der Waals surface area contributed by atoms with Crippen molar-refractivity contribution in [2.45, 2.75) is 20.3 Å². The number of para-hydroxylation sites is 1. The third-order valence-corrected chi connectivity index (χ3v) is 5.33. The Hall–Kier alpha value is -2.92. The van der Waals surface area contributed by atoms with Crippen molar-refractivity contribution in [1.29, 1.82) is 0 Å². The number of amides is 2. The molecule has 5 nitrogen and oxygen atoms in total. The van der Waals surface area contributed by atoms with E-state index in [1.54, 1.807) is 6.20 Å². The molecule has 1 aliphatic carbocycles. The number of hydrogen-bond acceptors (Lipinski definition) is 3. The molecular weight excluding hydrogens is 374 g/mol. The zero-order valence-corrected chi connectivity index (χ0v) is 16.4. The van der Waals surface area contributed by atoms with E-state index in [1.807, 2.05) is 56.3 Å². The summed E-state index contributed by atoms with van der Waals surface area (Å²) in [5.41, 5.74) is 3.95. The van der Waals surface area contributed by atoms with Gasteiger partial charge in [-0.15, -0.1) is 0 Å². The van der Waals surface area contributed by atoms with E-state index in [0.29, 0.717) is 22.8 Å². The molecule has 28 heavy (non-hydrogen) atoms. The van der Waals surface area contributed by atoms with Crippen LogP contribution in [0.5, 0.6) is 0 Å². The summed E-state index contributed by atoms with van der Waals surface area (Å²) < 4.78 is 0. The standard InChI is InChI=1S/C22H20ClN3O2/c1-12-9-13(2)19(17(23)10-12)26-22(28)16-11-15(16)21(27)25-18-7-3-5-14-6-4-8-24-20(14)18/h3-10,15-16H,11H2,1-2H3,(H,25,27)(H,26,28). The Balaban J connectivity index is 1.44. The van der Waals surface area contributed by atoms with Gasteiger partial charge < -0.3 is 10.6 Å². The quantitative estimate of drug-likeness (QED) is 0.673. The van der Waals surface area contributed by atoms with Gasteiger partial charge in [0.1, 0.15) is 0 Å². The van der Waals surface area contributed by atoms with Crippen molar-refractivity contribution >= 4 is 45.7 Å². The number of anilines is 2. The molecule has 2 N–H and O–H groups in total. The second kappa shape index (κ2) is 7.24. The number of benzene rings is 2. The number of pyridine rings is 1. The second-order valence-electron chi connectivity index (χ2n) is 7.25. The Kier molecular flexibility index (Phi) is 4.77. The highest BCUT2D eigenvalue weighted by Gasteiger charge is 2.48. The summed E-state index contributed by atoms with van der Waals surface area (Å²) in [6.45, 7) is 3.85. The fourth-order valence-electron chi connectivity index (χ4n) is 3.49. The predicted molar refractivity (Wildman–Crippen MR) is 112 cm³/mol. The third-order valence-electron chi connectivity index (χ3n) is 5.03. The van der Waals surface area contributed by atoms with E-state index in [1.165, 1.54) is 0 Å². The van der Waals surface area contributed by atoms with Crippen molar-refractivity contribution in [3.63, 3.8) is 0 Å². The summed E-state index contributed by atoms with van der Waals surface area (Å²) in [6.07, 6.45) is 2.22. The number of aryl methyl sites for hydroxylation is 2. The fourth-order valence-corrected chi connectivity index (χ4v) is 3.86. The Morgan fingerprint density at radius 3 is 2.50 bits per heavy atom. The zero-order chi connectivity index (χ0) is 19.8. The van der Waals surface area contributed by atoms with Crippen LogP contribution in [0.3, 0.4) is 0 Å². The van der Waals surface area contributed by atoms with Gasteiger partial charge >= 0.3 is 0 Å². The number of carbonyl (C=O) groups excluding carboxylic acids is 2. The van der Waals surface area contributed by atoms with Crippen molar-refractivity contribution in [2.24, 2.45) is 11.8 Å². The zero-order valence-electron chi connectivity index (χ0n) is 15.6. The van der Waals surface area contributed by atoms with Crippen LogP contribution in [0.1, 0.15) is 17.5 Å². The van der Waals surface area contributed by atoms with Gasteiger partial charge in [0, 0.05) is 11.6 Å². The van der Waals surface area contributed by atoms with Crippen LogP contribution >= 0.6 is 11.6 Å². The number of nitrogens with zero attached hydrogens (tertiary/aromatic N) is 1. The molecule has 1 fully saturated rings. The minimum Gasteiger partial charge on any atom is -0.324 e. The Labute approximate surface area is 168 Å². The summed E-state index contributed by atoms with van der Waals surface area (Å²) in [4.78, 5) is 29.5. The minimum absolute atomic E-state index is 0.162. The lowest BCUT2D eigenvalue weighted by Gasteiger charge is -2.12. The van der Waals surface area contributed by atoms with Gasteiger partial charge in [-0.3, -0.25) is 14.6 Å². The van der Waals surface area contributed by atoms with Crippen LogP contribution in [0.15, 0.2) is 48.7 Å². The molecule has 1 aliphatic rings. The molecule has 2 atom stereocenters. The molecule has 1 aromatic heterocycles. The summed E-state index contributed by atoms with van der Waals surface area (Å²) >= 11 is 6.26. The van der Waals surface area contributed by atoms with E-state index in [2.05, 4.69) is 15.6 Å². The molecule has 0 spiro atoms. The average molecular weight is 394 g/mol. The monoisotopic (exact) mass is 393 g/mol. The molecule has 2 aromatic carbocycles. The first-order valence-corrected chi connectivity index (χ1v) is 9.54. The van der Waals surface area contributed by atoms with Crippen LogP contribution in [-0.2, 0) is 9.59 Å². The van der Waals surface area contributed by atoms with E-state index in [9.17, 15) is 9.59 Å². The second-order valence-corrected chi connectivity index (χ2v) is 7.65. The molecular formula is C22H20ClN3O2. The van der Waals surface area contributed by atoms with Crippen molar-refractivity contribution in [1.82, 2.24) is 4.98 Å². The fraction of sp³-hybridized carbons (Fsp3) is 0.227. The van der Waals surface area contributed by atoms with Gasteiger partial charge in [-0.05, 0) is 49.6 Å². The molecule has 1 heterocycles. The lowest BCUT2D eigenvalue weighted by Crippen LogP contribution is -2.21. The molecule has 2 unspecified atom stereocenters. The van der Waals surface area contributed by atoms with Gasteiger partial charge in [0.2, 0.25) is 11.8 Å². The van der Waals surface area contributed by atoms with Gasteiger partial charge in [-0.25, -0.2) is 0 Å². The van der Waals surface area contributed by atoms with Crippen LogP contribution in [-0.4, -0.2) is 16.8 Å². The molecule has 6 heteroatoms. The number of halogens is 1. The Morgan fingerprint density at radius 2 is 1.75 bits per heavy atom. The van der Waals surface area contributed by atoms with E-state index < -0.39 is 0 Å². The summed E-state index contributed by atoms with van der Waals surface area (Å²) in [6, 6.07) is 13.2. The van der Waals surface area contributed by atoms with Crippen LogP contribution in [0.4, 0.5) is 11.4 Å². The number of nitrogens with one attached hydrogen (secondary N) is 2. The number of fused-ring (bicyclic) bond motifs is 1. The maximum atomic E-state index is 12.6. The number of rotatable bonds is 4. The molecule has 1 saturated carbocycles. The summed E-state index contributed by atoms with van der Waals surface area (Å²) in [5, 5.41) is 7.26. The minimum atomic E-state index is -0.347. The first kappa shape index (κ1) is 18.4. The van der Waals surface area contributed by atoms with Gasteiger partial charge in [0.25, 0.3) is 0 Å². The molecule has 0 saturated heterocycles. The smallest absolute Gasteiger partial charge is 0.228 e. The van der Waals surface area contributed by atoms with Crippen LogP contribution in [0.25, 0.3) is 10.9 Å². The van der Waals surface area contributed by atoms with E-state index in [4.69, 9.17) is 11.6 Å². The molecule has 2 amide bonds. The normalized spacial score (nSPS) is 18.0. The highest BCUT2D eigenvalue weighted by molar-refractivity contribution is 6.34. The topological polar surface area (TPSA) is 71.1 Å². The van der Waals surface area contributed by atoms with E-state index >= 15 is 0 Å². The maximum absolute atomic E-state index is 12.6. The molecule has 0 aliphatic heterocycles. The van der Waals surface area contributed by atoms with E-state index in [0.717, 1.165) is 22.0 Å². The van der Waals surface area contributed by atoms with Crippen LogP contribution in [0, 0.1) is 25.7 Å². The van der Waals surface area contributed by atoms with Gasteiger partial charge in [-0.1, -0.05) is 35.9 Å². The SMILES string of the molecule is Cc1cc(C)c(NC(=O)C2CC2C(=O)Nc2cccc3cccnc23)c(Cl)c1. The van der Waals surface area contributed by atoms with Crippen LogP contribution in [0.2, 0.25) is 5.02 Å². The predicted octanol–water partition coefficient (Wildman–Crippen LogP) is 4.72. The summed E-state index contributed by atoms with van der Waals surface area (Å²) in [7, 11) is 0. The lowest BCUT2D eigenvalue weighted by atomic mass is 10.1. The van der Waals surface area contributed by atoms with E-state index in [-0.39, 0.29) is 23.7 Å². The molecule has 0 radical (unpaired) electrons. The first-order valence-electron chi connectivity index (χ1n) is 9.16. The highest BCUT2D eigenvalue weighted by Crippen LogP contribution is 2.41. The van der Waals surface area contributed by atoms with Crippen LogP contribution < -0.4 is 10.6 Å². The number of hydrogen-bond donors (Lipinski definition) is 2. The van der Waals surface area contributed by atoms with Crippen molar-refractivity contribution in [3.8, 4) is 0 Å². The molecule has 4 rings (SSSR count). The van der Waals surface area contributed by atoms with Gasteiger partial charge in [0.05, 0.1) is 33.7 Å². The van der Waals surface area contributed by atoms with Gasteiger partial charge in [0.15, 0.2) is 0 Å². The van der Waals surface area contributed by atoms with Crippen molar-refractivity contribution in [2.75, 3.05) is 10.6 Å². The molecule has 142 valence electrons. The Morgan fingerprint density at radius 1 is 1.04 bits per heavy atom.